The summed E-state index contributed by atoms with van der Waals surface area (Å²) in [5.74, 6) is 0. The number of benzene rings is 7. The Morgan fingerprint density at radius 1 is 0.281 bits per heavy atom. The standard InChI is InChI=1S/C49H49O4Si4/c1-2-3-4-5-27-42-54(43-28-13-6-14-29-43)50-55(44-30-15-7-16-31-44,45-32-17-8-18-33-45)52-57(48-38-23-11-24-39-48,49-40-25-12-26-41-49)53-56(51-54,46-34-19-9-20-35-46)47-36-21-10-22-37-47/h6-26,28-41H,1-5,27,42H2. The molecule has 0 bridgehead atoms. The van der Waals surface area contributed by atoms with Gasteiger partial charge in [0.1, 0.15) is 0 Å². The van der Waals surface area contributed by atoms with Gasteiger partial charge in [-0.3, -0.25) is 0 Å². The molecule has 8 heteroatoms. The van der Waals surface area contributed by atoms with Crippen LogP contribution in [0, 0.1) is 6.92 Å². The van der Waals surface area contributed by atoms with Crippen LogP contribution in [-0.2, 0) is 16.5 Å². The zero-order valence-corrected chi connectivity index (χ0v) is 36.3. The zero-order chi connectivity index (χ0) is 38.9. The Bertz CT molecular complexity index is 2050. The highest BCUT2D eigenvalue weighted by Gasteiger charge is 2.67. The lowest BCUT2D eigenvalue weighted by atomic mass is 10.2. The smallest absolute Gasteiger partial charge is 0.390 e. The lowest BCUT2D eigenvalue weighted by Crippen LogP contribution is -2.86. The normalized spacial score (nSPS) is 16.9. The molecule has 4 nitrogen and oxygen atoms in total. The predicted molar refractivity (Wildman–Crippen MR) is 243 cm³/mol. The molecule has 0 atom stereocenters. The van der Waals surface area contributed by atoms with E-state index in [0.29, 0.717) is 0 Å². The van der Waals surface area contributed by atoms with Gasteiger partial charge in [-0.15, -0.1) is 0 Å². The van der Waals surface area contributed by atoms with Crippen LogP contribution in [0.25, 0.3) is 0 Å². The molecule has 1 radical (unpaired) electrons. The van der Waals surface area contributed by atoms with Gasteiger partial charge in [-0.05, 0) is 42.4 Å². The number of hydrogen-bond acceptors (Lipinski definition) is 4. The van der Waals surface area contributed by atoms with Crippen LogP contribution in [0.5, 0.6) is 0 Å². The summed E-state index contributed by atoms with van der Waals surface area (Å²) in [6.45, 7) is 4.13. The second-order valence-electron chi connectivity index (χ2n) is 14.6. The minimum absolute atomic E-state index is 0.731. The van der Waals surface area contributed by atoms with Gasteiger partial charge in [0, 0.05) is 0 Å². The summed E-state index contributed by atoms with van der Waals surface area (Å²) >= 11 is 0. The van der Waals surface area contributed by atoms with Crippen molar-refractivity contribution in [2.24, 2.45) is 0 Å². The molecule has 0 N–H and O–H groups in total. The zero-order valence-electron chi connectivity index (χ0n) is 32.3. The molecule has 7 aromatic rings. The lowest BCUT2D eigenvalue weighted by Gasteiger charge is -2.53. The van der Waals surface area contributed by atoms with E-state index in [4.69, 9.17) is 16.5 Å². The predicted octanol–water partition coefficient (Wildman–Crippen LogP) is 6.97. The van der Waals surface area contributed by atoms with E-state index < -0.39 is 34.2 Å². The Morgan fingerprint density at radius 3 is 0.807 bits per heavy atom. The van der Waals surface area contributed by atoms with Crippen LogP contribution in [0.3, 0.4) is 0 Å². The SMILES string of the molecule is [CH2]CCCCCC[Si]1(c2ccccc2)O[Si](c2ccccc2)(c2ccccc2)O[Si](c2ccccc2)(c2ccccc2)O[Si](c2ccccc2)(c2ccccc2)O1. The molecule has 0 unspecified atom stereocenters. The van der Waals surface area contributed by atoms with Crippen molar-refractivity contribution in [3.05, 3.63) is 219 Å². The monoisotopic (exact) mass is 813 g/mol. The van der Waals surface area contributed by atoms with Crippen molar-refractivity contribution in [1.29, 1.82) is 0 Å². The molecule has 0 saturated carbocycles. The second kappa shape index (κ2) is 17.8. The molecule has 0 aromatic heterocycles. The van der Waals surface area contributed by atoms with Crippen molar-refractivity contribution in [2.75, 3.05) is 0 Å². The van der Waals surface area contributed by atoms with Crippen LogP contribution in [0.2, 0.25) is 6.04 Å². The van der Waals surface area contributed by atoms with Gasteiger partial charge in [-0.2, -0.15) is 0 Å². The molecule has 8 rings (SSSR count). The van der Waals surface area contributed by atoms with E-state index in [-0.39, 0.29) is 0 Å². The quantitative estimate of drug-likeness (QED) is 0.0932. The van der Waals surface area contributed by atoms with Crippen molar-refractivity contribution < 1.29 is 16.5 Å². The molecule has 57 heavy (non-hydrogen) atoms. The van der Waals surface area contributed by atoms with Gasteiger partial charge >= 0.3 is 34.2 Å². The summed E-state index contributed by atoms with van der Waals surface area (Å²) in [4.78, 5) is 0. The van der Waals surface area contributed by atoms with Crippen LogP contribution >= 0.6 is 0 Å². The molecule has 1 fully saturated rings. The van der Waals surface area contributed by atoms with E-state index in [9.17, 15) is 0 Å². The Labute approximate surface area is 342 Å². The third-order valence-electron chi connectivity index (χ3n) is 10.8. The number of hydrogen-bond donors (Lipinski definition) is 0. The fourth-order valence-electron chi connectivity index (χ4n) is 8.05. The van der Waals surface area contributed by atoms with Gasteiger partial charge in [0.2, 0.25) is 0 Å². The van der Waals surface area contributed by atoms with E-state index in [1.165, 1.54) is 0 Å². The highest BCUT2D eigenvalue weighted by molar-refractivity contribution is 7.14. The molecule has 285 valence electrons. The molecule has 1 saturated heterocycles. The van der Waals surface area contributed by atoms with Crippen LogP contribution in [0.4, 0.5) is 0 Å². The van der Waals surface area contributed by atoms with Crippen molar-refractivity contribution in [3.8, 4) is 0 Å². The molecule has 0 aliphatic carbocycles. The lowest BCUT2D eigenvalue weighted by molar-refractivity contribution is 0.259. The summed E-state index contributed by atoms with van der Waals surface area (Å²) in [7, 11) is -15.0. The largest absolute Gasteiger partial charge is 0.405 e. The molecular formula is C49H49O4Si4. The van der Waals surface area contributed by atoms with Crippen LogP contribution in [-0.4, -0.2) is 34.2 Å². The fraction of sp³-hybridized carbons (Fsp3) is 0.122. The third kappa shape index (κ3) is 7.92. The molecule has 0 spiro atoms. The van der Waals surface area contributed by atoms with E-state index in [1.54, 1.807) is 0 Å². The molecule has 7 aromatic carbocycles. The van der Waals surface area contributed by atoms with Gasteiger partial charge in [-0.25, -0.2) is 0 Å². The minimum atomic E-state index is -3.84. The van der Waals surface area contributed by atoms with E-state index in [1.807, 2.05) is 0 Å². The summed E-state index contributed by atoms with van der Waals surface area (Å²) in [5, 5.41) is 7.15. The number of unbranched alkanes of at least 4 members (excludes halogenated alkanes) is 4. The first-order valence-electron chi connectivity index (χ1n) is 20.1. The van der Waals surface area contributed by atoms with Gasteiger partial charge < -0.3 is 16.5 Å². The first kappa shape index (κ1) is 39.1. The maximum Gasteiger partial charge on any atom is 0.390 e. The molecule has 1 aliphatic rings. The molecule has 1 aliphatic heterocycles. The second-order valence-corrected chi connectivity index (χ2v) is 27.6. The van der Waals surface area contributed by atoms with Gasteiger partial charge in [0.25, 0.3) is 0 Å². The average molecular weight is 814 g/mol. The fourth-order valence-corrected chi connectivity index (χ4v) is 31.1. The van der Waals surface area contributed by atoms with Crippen LogP contribution in [0.15, 0.2) is 212 Å². The van der Waals surface area contributed by atoms with Crippen LogP contribution in [0.1, 0.15) is 32.1 Å². The van der Waals surface area contributed by atoms with Crippen molar-refractivity contribution in [1.82, 2.24) is 0 Å². The maximum absolute atomic E-state index is 8.45. The van der Waals surface area contributed by atoms with Gasteiger partial charge in [0.15, 0.2) is 0 Å². The third-order valence-corrected chi connectivity index (χ3v) is 29.2. The minimum Gasteiger partial charge on any atom is -0.405 e. The molecule has 1 heterocycles. The summed E-state index contributed by atoms with van der Waals surface area (Å²) in [6, 6.07) is 75.3. The van der Waals surface area contributed by atoms with Crippen molar-refractivity contribution in [3.63, 3.8) is 0 Å². The topological polar surface area (TPSA) is 36.9 Å². The summed E-state index contributed by atoms with van der Waals surface area (Å²) in [5.41, 5.74) is 0. The van der Waals surface area contributed by atoms with E-state index in [2.05, 4.69) is 219 Å². The Morgan fingerprint density at radius 2 is 0.526 bits per heavy atom. The first-order valence-corrected chi connectivity index (χ1v) is 27.6. The van der Waals surface area contributed by atoms with Gasteiger partial charge in [-0.1, -0.05) is 251 Å². The van der Waals surface area contributed by atoms with Gasteiger partial charge in [0.05, 0.1) is 0 Å². The maximum atomic E-state index is 8.45. The summed E-state index contributed by atoms with van der Waals surface area (Å²) in [6.07, 6.45) is 5.11. The average Bonchev–Trinajstić information content (AvgIpc) is 3.29. The molecule has 0 amide bonds. The first-order chi connectivity index (χ1) is 28.1. The Hall–Kier alpha value is -4.75. The highest BCUT2D eigenvalue weighted by atomic mass is 28.5. The Kier molecular flexibility index (Phi) is 12.2. The number of rotatable bonds is 13. The Balaban J connectivity index is 1.53. The van der Waals surface area contributed by atoms with Crippen molar-refractivity contribution >= 4 is 70.6 Å². The highest BCUT2D eigenvalue weighted by Crippen LogP contribution is 2.35. The molecular weight excluding hydrogens is 765 g/mol. The van der Waals surface area contributed by atoms with E-state index in [0.717, 1.165) is 74.5 Å². The van der Waals surface area contributed by atoms with Crippen LogP contribution < -0.4 is 36.3 Å². The van der Waals surface area contributed by atoms with E-state index >= 15 is 0 Å². The summed E-state index contributed by atoms with van der Waals surface area (Å²) < 4.78 is 33.8. The van der Waals surface area contributed by atoms with Crippen molar-refractivity contribution in [2.45, 2.75) is 38.1 Å².